The summed E-state index contributed by atoms with van der Waals surface area (Å²) < 4.78 is 5.44. The highest BCUT2D eigenvalue weighted by Crippen LogP contribution is 2.29. The van der Waals surface area contributed by atoms with Crippen LogP contribution in [0.4, 0.5) is 5.69 Å². The van der Waals surface area contributed by atoms with Gasteiger partial charge in [-0.25, -0.2) is 0 Å². The predicted octanol–water partition coefficient (Wildman–Crippen LogP) is 4.83. The maximum absolute atomic E-state index is 10.4. The van der Waals surface area contributed by atoms with Crippen molar-refractivity contribution >= 4 is 11.9 Å². The lowest BCUT2D eigenvalue weighted by molar-refractivity contribution is 0.318. The van der Waals surface area contributed by atoms with Crippen LogP contribution in [0.15, 0.2) is 84.0 Å². The summed E-state index contributed by atoms with van der Waals surface area (Å²) in [5.74, 6) is 0.566. The maximum atomic E-state index is 10.4. The van der Waals surface area contributed by atoms with E-state index in [-0.39, 0.29) is 5.75 Å². The van der Waals surface area contributed by atoms with Gasteiger partial charge in [0.15, 0.2) is 11.5 Å². The molecule has 3 rings (SSSR count). The number of phenolic OH excluding ortho intramolecular Hbond substituents is 1. The fraction of sp³-hybridized carbons (Fsp3) is 0.136. The van der Waals surface area contributed by atoms with Gasteiger partial charge in [-0.15, -0.1) is 0 Å². The highest BCUT2D eigenvalue weighted by Gasteiger charge is 2.08. The Bertz CT molecular complexity index is 849. The molecule has 0 atom stereocenters. The molecule has 26 heavy (non-hydrogen) atoms. The van der Waals surface area contributed by atoms with Gasteiger partial charge < -0.3 is 9.84 Å². The number of hydrazone groups is 1. The van der Waals surface area contributed by atoms with Crippen LogP contribution in [0.25, 0.3) is 0 Å². The molecular weight excluding hydrogens is 324 g/mol. The Kier molecular flexibility index (Phi) is 5.88. The summed E-state index contributed by atoms with van der Waals surface area (Å²) in [6.07, 6.45) is 1.66. The molecule has 4 nitrogen and oxygen atoms in total. The molecule has 0 bridgehead atoms. The Morgan fingerprint density at radius 3 is 2.31 bits per heavy atom. The third kappa shape index (κ3) is 4.42. The van der Waals surface area contributed by atoms with E-state index in [1.165, 1.54) is 0 Å². The molecule has 0 radical (unpaired) electrons. The molecule has 0 aromatic heterocycles. The smallest absolute Gasteiger partial charge is 0.166 e. The van der Waals surface area contributed by atoms with Gasteiger partial charge >= 0.3 is 0 Å². The van der Waals surface area contributed by atoms with E-state index in [4.69, 9.17) is 4.74 Å². The van der Waals surface area contributed by atoms with E-state index < -0.39 is 0 Å². The Balaban J connectivity index is 1.88. The van der Waals surface area contributed by atoms with Crippen molar-refractivity contribution in [1.82, 2.24) is 0 Å². The standard InChI is InChI=1S/C22H22N2O2/c1-2-26-21-15-9-12-19(22(21)25)16-23-24(20-13-7-4-8-14-20)17-18-10-5-3-6-11-18/h3-16,25H,2,17H2,1H3. The molecule has 0 heterocycles. The zero-order chi connectivity index (χ0) is 18.2. The first-order chi connectivity index (χ1) is 12.8. The molecule has 0 saturated carbocycles. The minimum atomic E-state index is 0.103. The number of para-hydroxylation sites is 2. The zero-order valence-electron chi connectivity index (χ0n) is 14.7. The van der Waals surface area contributed by atoms with Gasteiger partial charge in [0, 0.05) is 5.56 Å². The first-order valence-corrected chi connectivity index (χ1v) is 8.63. The Morgan fingerprint density at radius 1 is 0.923 bits per heavy atom. The van der Waals surface area contributed by atoms with Crippen molar-refractivity contribution in [2.75, 3.05) is 11.6 Å². The molecule has 0 spiro atoms. The summed E-state index contributed by atoms with van der Waals surface area (Å²) in [6, 6.07) is 25.5. The lowest BCUT2D eigenvalue weighted by Crippen LogP contribution is -2.16. The van der Waals surface area contributed by atoms with Gasteiger partial charge in [-0.1, -0.05) is 54.6 Å². The molecule has 0 saturated heterocycles. The van der Waals surface area contributed by atoms with E-state index in [9.17, 15) is 5.11 Å². The monoisotopic (exact) mass is 346 g/mol. The van der Waals surface area contributed by atoms with Gasteiger partial charge in [0.05, 0.1) is 25.1 Å². The zero-order valence-corrected chi connectivity index (χ0v) is 14.7. The average molecular weight is 346 g/mol. The van der Waals surface area contributed by atoms with Crippen LogP contribution < -0.4 is 9.75 Å². The number of rotatable bonds is 7. The van der Waals surface area contributed by atoms with Crippen LogP contribution in [0.5, 0.6) is 11.5 Å². The van der Waals surface area contributed by atoms with Gasteiger partial charge in [0.1, 0.15) is 0 Å². The van der Waals surface area contributed by atoms with Crippen LogP contribution in [0, 0.1) is 0 Å². The third-order valence-corrected chi connectivity index (χ3v) is 3.90. The summed E-state index contributed by atoms with van der Waals surface area (Å²) in [5, 5.41) is 16.9. The lowest BCUT2D eigenvalue weighted by atomic mass is 10.2. The molecule has 0 aliphatic heterocycles. The third-order valence-electron chi connectivity index (χ3n) is 3.90. The van der Waals surface area contributed by atoms with Gasteiger partial charge in [-0.05, 0) is 36.8 Å². The van der Waals surface area contributed by atoms with Crippen molar-refractivity contribution in [2.24, 2.45) is 5.10 Å². The van der Waals surface area contributed by atoms with E-state index in [2.05, 4.69) is 17.2 Å². The van der Waals surface area contributed by atoms with Gasteiger partial charge in [-0.2, -0.15) is 5.10 Å². The number of hydrogen-bond donors (Lipinski definition) is 1. The van der Waals surface area contributed by atoms with Crippen molar-refractivity contribution in [3.05, 3.63) is 90.0 Å². The van der Waals surface area contributed by atoms with E-state index in [1.807, 2.05) is 72.6 Å². The topological polar surface area (TPSA) is 45.1 Å². The van der Waals surface area contributed by atoms with Crippen molar-refractivity contribution in [2.45, 2.75) is 13.5 Å². The average Bonchev–Trinajstić information content (AvgIpc) is 2.69. The van der Waals surface area contributed by atoms with Crippen LogP contribution in [0.3, 0.4) is 0 Å². The summed E-state index contributed by atoms with van der Waals surface area (Å²) in [7, 11) is 0. The first-order valence-electron chi connectivity index (χ1n) is 8.63. The normalized spacial score (nSPS) is 10.8. The molecule has 0 unspecified atom stereocenters. The van der Waals surface area contributed by atoms with Crippen molar-refractivity contribution in [1.29, 1.82) is 0 Å². The van der Waals surface area contributed by atoms with Crippen LogP contribution in [0.2, 0.25) is 0 Å². The molecule has 1 N–H and O–H groups in total. The minimum Gasteiger partial charge on any atom is -0.504 e. The number of nitrogens with zero attached hydrogens (tertiary/aromatic N) is 2. The number of aromatic hydroxyl groups is 1. The molecule has 3 aromatic carbocycles. The van der Waals surface area contributed by atoms with Gasteiger partial charge in [-0.3, -0.25) is 5.01 Å². The highest BCUT2D eigenvalue weighted by atomic mass is 16.5. The predicted molar refractivity (Wildman–Crippen MR) is 106 cm³/mol. The van der Waals surface area contributed by atoms with Crippen LogP contribution in [-0.4, -0.2) is 17.9 Å². The van der Waals surface area contributed by atoms with Crippen molar-refractivity contribution < 1.29 is 9.84 Å². The Morgan fingerprint density at radius 2 is 1.62 bits per heavy atom. The summed E-state index contributed by atoms with van der Waals surface area (Å²) in [5.41, 5.74) is 2.75. The van der Waals surface area contributed by atoms with Gasteiger partial charge in [0.2, 0.25) is 0 Å². The second-order valence-electron chi connectivity index (χ2n) is 5.75. The van der Waals surface area contributed by atoms with Crippen LogP contribution in [-0.2, 0) is 6.54 Å². The van der Waals surface area contributed by atoms with E-state index in [0.29, 0.717) is 24.5 Å². The molecule has 0 aliphatic carbocycles. The second kappa shape index (κ2) is 8.72. The van der Waals surface area contributed by atoms with E-state index in [1.54, 1.807) is 12.3 Å². The largest absolute Gasteiger partial charge is 0.504 e. The molecule has 4 heteroatoms. The second-order valence-corrected chi connectivity index (χ2v) is 5.75. The maximum Gasteiger partial charge on any atom is 0.166 e. The quantitative estimate of drug-likeness (QED) is 0.492. The molecule has 0 aliphatic rings. The number of phenols is 1. The summed E-state index contributed by atoms with van der Waals surface area (Å²) in [4.78, 5) is 0. The molecule has 3 aromatic rings. The number of benzene rings is 3. The number of ether oxygens (including phenoxy) is 1. The molecule has 0 amide bonds. The van der Waals surface area contributed by atoms with Gasteiger partial charge in [0.25, 0.3) is 0 Å². The molecule has 132 valence electrons. The van der Waals surface area contributed by atoms with Crippen molar-refractivity contribution in [3.8, 4) is 11.5 Å². The fourth-order valence-electron chi connectivity index (χ4n) is 2.60. The van der Waals surface area contributed by atoms with Crippen molar-refractivity contribution in [3.63, 3.8) is 0 Å². The minimum absolute atomic E-state index is 0.103. The first kappa shape index (κ1) is 17.5. The Labute approximate surface area is 154 Å². The molecule has 0 fully saturated rings. The van der Waals surface area contributed by atoms with Crippen LogP contribution in [0.1, 0.15) is 18.1 Å². The SMILES string of the molecule is CCOc1cccc(C=NN(Cc2ccccc2)c2ccccc2)c1O. The fourth-order valence-corrected chi connectivity index (χ4v) is 2.60. The summed E-state index contributed by atoms with van der Waals surface area (Å²) in [6.45, 7) is 3.02. The van der Waals surface area contributed by atoms with E-state index in [0.717, 1.165) is 11.3 Å². The summed E-state index contributed by atoms with van der Waals surface area (Å²) >= 11 is 0. The Hall–Kier alpha value is -3.27. The highest BCUT2D eigenvalue weighted by molar-refractivity contribution is 5.85. The number of anilines is 1. The van der Waals surface area contributed by atoms with E-state index >= 15 is 0 Å². The lowest BCUT2D eigenvalue weighted by Gasteiger charge is -2.19. The van der Waals surface area contributed by atoms with Crippen LogP contribution >= 0.6 is 0 Å². The number of hydrogen-bond acceptors (Lipinski definition) is 4. The molecular formula is C22H22N2O2.